The molecule has 1 rings (SSSR count). The van der Waals surface area contributed by atoms with Gasteiger partial charge >= 0.3 is 0 Å². The Kier molecular flexibility index (Phi) is 6.72. The molecule has 0 heterocycles. The summed E-state index contributed by atoms with van der Waals surface area (Å²) in [6.07, 6.45) is 1.17. The fourth-order valence-corrected chi connectivity index (χ4v) is 3.13. The third-order valence-corrected chi connectivity index (χ3v) is 4.58. The molecule has 1 aromatic rings. The second kappa shape index (κ2) is 7.80. The minimum absolute atomic E-state index is 0.0654. The molecule has 1 nitrogen and oxygen atoms in total. The minimum atomic E-state index is -0.0994. The summed E-state index contributed by atoms with van der Waals surface area (Å²) in [7, 11) is 0. The predicted molar refractivity (Wildman–Crippen MR) is 78.7 cm³/mol. The van der Waals surface area contributed by atoms with Gasteiger partial charge in [0.15, 0.2) is 0 Å². The Hall–Kier alpha value is -0.540. The van der Waals surface area contributed by atoms with E-state index in [1.54, 1.807) is 23.9 Å². The number of thioether (sulfide) groups is 1. The molecule has 2 unspecified atom stereocenters. The maximum absolute atomic E-state index is 14.0. The van der Waals surface area contributed by atoms with Crippen LogP contribution in [0.25, 0.3) is 0 Å². The second-order valence-corrected chi connectivity index (χ2v) is 5.82. The summed E-state index contributed by atoms with van der Waals surface area (Å²) < 4.78 is 14.0. The van der Waals surface area contributed by atoms with E-state index in [2.05, 4.69) is 19.2 Å². The highest BCUT2D eigenvalue weighted by Gasteiger charge is 2.15. The highest BCUT2D eigenvalue weighted by atomic mass is 32.2. The van der Waals surface area contributed by atoms with Crippen LogP contribution in [-0.2, 0) is 0 Å². The summed E-state index contributed by atoms with van der Waals surface area (Å²) in [5.41, 5.74) is 0.813. The third kappa shape index (κ3) is 4.29. The Morgan fingerprint density at radius 1 is 1.28 bits per heavy atom. The van der Waals surface area contributed by atoms with Gasteiger partial charge in [0.05, 0.1) is 0 Å². The van der Waals surface area contributed by atoms with Gasteiger partial charge < -0.3 is 5.32 Å². The molecule has 0 fully saturated rings. The summed E-state index contributed by atoms with van der Waals surface area (Å²) in [5.74, 6) is 1.62. The van der Waals surface area contributed by atoms with Crippen LogP contribution in [0.15, 0.2) is 23.1 Å². The molecule has 0 bridgehead atoms. The lowest BCUT2D eigenvalue weighted by Crippen LogP contribution is -2.19. The van der Waals surface area contributed by atoms with Crippen LogP contribution in [0.2, 0.25) is 0 Å². The van der Waals surface area contributed by atoms with Gasteiger partial charge in [0.2, 0.25) is 0 Å². The summed E-state index contributed by atoms with van der Waals surface area (Å²) in [5, 5.41) is 3.29. The Morgan fingerprint density at radius 3 is 2.61 bits per heavy atom. The normalized spacial score (nSPS) is 14.5. The first-order chi connectivity index (χ1) is 8.60. The Bertz CT molecular complexity index is 368. The monoisotopic (exact) mass is 269 g/mol. The zero-order valence-corrected chi connectivity index (χ0v) is 12.6. The van der Waals surface area contributed by atoms with E-state index in [1.807, 2.05) is 19.9 Å². The lowest BCUT2D eigenvalue weighted by Gasteiger charge is -2.18. The molecule has 0 aliphatic heterocycles. The maximum atomic E-state index is 14.0. The highest BCUT2D eigenvalue weighted by molar-refractivity contribution is 7.99. The SMILES string of the molecule is CCNC(C)c1c(F)cccc1SCC(C)CC. The van der Waals surface area contributed by atoms with Crippen molar-refractivity contribution in [2.24, 2.45) is 5.92 Å². The molecule has 0 aliphatic carbocycles. The molecule has 3 heteroatoms. The van der Waals surface area contributed by atoms with E-state index in [1.165, 1.54) is 6.42 Å². The molecule has 0 spiro atoms. The Morgan fingerprint density at radius 2 is 2.00 bits per heavy atom. The van der Waals surface area contributed by atoms with Crippen LogP contribution < -0.4 is 5.32 Å². The number of hydrogen-bond donors (Lipinski definition) is 1. The van der Waals surface area contributed by atoms with E-state index in [4.69, 9.17) is 0 Å². The van der Waals surface area contributed by atoms with Crippen molar-refractivity contribution in [3.05, 3.63) is 29.6 Å². The molecule has 0 aromatic heterocycles. The molecule has 0 amide bonds. The van der Waals surface area contributed by atoms with Crippen molar-refractivity contribution in [1.82, 2.24) is 5.32 Å². The van der Waals surface area contributed by atoms with Crippen molar-refractivity contribution in [2.45, 2.75) is 45.1 Å². The Labute approximate surface area is 115 Å². The highest BCUT2D eigenvalue weighted by Crippen LogP contribution is 2.31. The number of benzene rings is 1. The van der Waals surface area contributed by atoms with Gasteiger partial charge in [-0.1, -0.05) is 33.3 Å². The molecule has 18 heavy (non-hydrogen) atoms. The van der Waals surface area contributed by atoms with Crippen LogP contribution in [-0.4, -0.2) is 12.3 Å². The number of nitrogens with one attached hydrogen (secondary N) is 1. The molecule has 0 aliphatic rings. The first-order valence-corrected chi connectivity index (χ1v) is 7.73. The molecular formula is C15H24FNS. The molecule has 1 aromatic carbocycles. The average Bonchev–Trinajstić information content (AvgIpc) is 2.36. The van der Waals surface area contributed by atoms with E-state index in [-0.39, 0.29) is 11.9 Å². The van der Waals surface area contributed by atoms with Crippen molar-refractivity contribution in [2.75, 3.05) is 12.3 Å². The van der Waals surface area contributed by atoms with Gasteiger partial charge in [-0.3, -0.25) is 0 Å². The first kappa shape index (κ1) is 15.5. The quantitative estimate of drug-likeness (QED) is 0.724. The molecule has 0 saturated carbocycles. The molecule has 2 atom stereocenters. The van der Waals surface area contributed by atoms with Crippen molar-refractivity contribution >= 4 is 11.8 Å². The van der Waals surface area contributed by atoms with Gasteiger partial charge in [-0.2, -0.15) is 0 Å². The lowest BCUT2D eigenvalue weighted by atomic mass is 10.1. The predicted octanol–water partition coefficient (Wildman–Crippen LogP) is 4.63. The second-order valence-electron chi connectivity index (χ2n) is 4.76. The summed E-state index contributed by atoms with van der Waals surface area (Å²) >= 11 is 1.77. The van der Waals surface area contributed by atoms with E-state index in [0.717, 1.165) is 22.8 Å². The molecule has 102 valence electrons. The smallest absolute Gasteiger partial charge is 0.129 e. The van der Waals surface area contributed by atoms with Crippen LogP contribution >= 0.6 is 11.8 Å². The van der Waals surface area contributed by atoms with Crippen LogP contribution in [0.5, 0.6) is 0 Å². The van der Waals surface area contributed by atoms with Gasteiger partial charge in [-0.25, -0.2) is 4.39 Å². The Balaban J connectivity index is 2.86. The number of rotatable bonds is 7. The number of halogens is 1. The van der Waals surface area contributed by atoms with Gasteiger partial charge in [-0.05, 0) is 31.5 Å². The van der Waals surface area contributed by atoms with Crippen LogP contribution in [0.4, 0.5) is 4.39 Å². The zero-order valence-electron chi connectivity index (χ0n) is 11.8. The van der Waals surface area contributed by atoms with Crippen molar-refractivity contribution in [3.63, 3.8) is 0 Å². The van der Waals surface area contributed by atoms with Crippen LogP contribution in [0.1, 0.15) is 45.7 Å². The molecule has 0 radical (unpaired) electrons. The van der Waals surface area contributed by atoms with Crippen LogP contribution in [0, 0.1) is 11.7 Å². The summed E-state index contributed by atoms with van der Waals surface area (Å²) in [6, 6.07) is 5.45. The molecular weight excluding hydrogens is 245 g/mol. The fourth-order valence-electron chi connectivity index (χ4n) is 1.82. The largest absolute Gasteiger partial charge is 0.310 e. The minimum Gasteiger partial charge on any atom is -0.310 e. The topological polar surface area (TPSA) is 12.0 Å². The summed E-state index contributed by atoms with van der Waals surface area (Å²) in [4.78, 5) is 1.07. The van der Waals surface area contributed by atoms with Gasteiger partial charge in [0.1, 0.15) is 5.82 Å². The van der Waals surface area contributed by atoms with E-state index in [9.17, 15) is 4.39 Å². The number of hydrogen-bond acceptors (Lipinski definition) is 2. The van der Waals surface area contributed by atoms with E-state index < -0.39 is 0 Å². The van der Waals surface area contributed by atoms with Gasteiger partial charge in [0, 0.05) is 22.3 Å². The summed E-state index contributed by atoms with van der Waals surface area (Å²) in [6.45, 7) is 9.35. The van der Waals surface area contributed by atoms with Crippen molar-refractivity contribution < 1.29 is 4.39 Å². The third-order valence-electron chi connectivity index (χ3n) is 3.18. The fraction of sp³-hybridized carbons (Fsp3) is 0.600. The van der Waals surface area contributed by atoms with E-state index >= 15 is 0 Å². The zero-order chi connectivity index (χ0) is 13.5. The van der Waals surface area contributed by atoms with Crippen LogP contribution in [0.3, 0.4) is 0 Å². The maximum Gasteiger partial charge on any atom is 0.129 e. The van der Waals surface area contributed by atoms with E-state index in [0.29, 0.717) is 5.92 Å². The molecule has 0 saturated heterocycles. The first-order valence-electron chi connectivity index (χ1n) is 6.74. The lowest BCUT2D eigenvalue weighted by molar-refractivity contribution is 0.531. The van der Waals surface area contributed by atoms with Crippen molar-refractivity contribution in [1.29, 1.82) is 0 Å². The standard InChI is InChI=1S/C15H24FNS/c1-5-11(3)10-18-14-9-7-8-13(16)15(14)12(4)17-6-2/h7-9,11-12,17H,5-6,10H2,1-4H3. The molecule has 1 N–H and O–H groups in total. The van der Waals surface area contributed by atoms with Crippen molar-refractivity contribution in [3.8, 4) is 0 Å². The average molecular weight is 269 g/mol. The van der Waals surface area contributed by atoms with Gasteiger partial charge in [0.25, 0.3) is 0 Å². The van der Waals surface area contributed by atoms with Gasteiger partial charge in [-0.15, -0.1) is 11.8 Å².